The minimum atomic E-state index is -0.631. The Morgan fingerprint density at radius 2 is 1.94 bits per heavy atom. The molecule has 35 heavy (non-hydrogen) atoms. The lowest BCUT2D eigenvalue weighted by Gasteiger charge is -2.17. The number of carbonyl (C=O) groups is 2. The summed E-state index contributed by atoms with van der Waals surface area (Å²) in [5.41, 5.74) is 3.22. The smallest absolute Gasteiger partial charge is 0.407 e. The number of carbonyl (C=O) groups excluding carboxylic acids is 2. The minimum absolute atomic E-state index is 0.0817. The Labute approximate surface area is 200 Å². The number of hydrogen-bond donors (Lipinski definition) is 2. The number of hydrogen-bond acceptors (Lipinski definition) is 8. The van der Waals surface area contributed by atoms with Gasteiger partial charge >= 0.3 is 6.09 Å². The van der Waals surface area contributed by atoms with Crippen LogP contribution in [-0.2, 0) is 9.53 Å². The second-order valence-corrected chi connectivity index (χ2v) is 7.17. The third-order valence-corrected chi connectivity index (χ3v) is 4.83. The number of benzene rings is 2. The third kappa shape index (κ3) is 6.90. The van der Waals surface area contributed by atoms with E-state index in [0.29, 0.717) is 5.75 Å². The summed E-state index contributed by atoms with van der Waals surface area (Å²) in [5, 5.41) is 18.0. The average Bonchev–Trinajstić information content (AvgIpc) is 3.32. The highest BCUT2D eigenvalue weighted by molar-refractivity contribution is 5.82. The lowest BCUT2D eigenvalue weighted by atomic mass is 10.0. The van der Waals surface area contributed by atoms with E-state index in [-0.39, 0.29) is 35.8 Å². The van der Waals surface area contributed by atoms with Gasteiger partial charge in [0.1, 0.15) is 17.3 Å². The fraction of sp³-hybridized carbons (Fsp3) is 0.208. The molecule has 11 nitrogen and oxygen atoms in total. The SMILES string of the molecule is CCOC(=O)N[C@@H](CC(=O)N/N=C\c1ccc(-c2ccc(OC)cc2[N+](=O)[O-])o1)c1ccccc1. The molecule has 2 aromatic carbocycles. The molecule has 11 heteroatoms. The topological polar surface area (TPSA) is 145 Å². The standard InChI is InChI=1S/C24H24N4O7/c1-3-34-24(30)26-20(16-7-5-4-6-8-16)14-23(29)27-25-15-18-10-12-22(35-18)19-11-9-17(33-2)13-21(19)28(31)32/h4-13,15,20H,3,14H2,1-2H3,(H,26,30)(H,27,29)/b25-15-/t20-/m0/s1. The molecule has 0 unspecified atom stereocenters. The normalized spacial score (nSPS) is 11.6. The second kappa shape index (κ2) is 12.0. The predicted molar refractivity (Wildman–Crippen MR) is 127 cm³/mol. The van der Waals surface area contributed by atoms with Crippen LogP contribution in [-0.4, -0.2) is 36.9 Å². The molecule has 1 atom stereocenters. The molecular weight excluding hydrogens is 456 g/mol. The first kappa shape index (κ1) is 25.0. The Bertz CT molecular complexity index is 1210. The molecule has 0 aliphatic rings. The predicted octanol–water partition coefficient (Wildman–Crippen LogP) is 4.19. The molecule has 1 heterocycles. The average molecular weight is 480 g/mol. The molecule has 3 rings (SSSR count). The van der Waals surface area contributed by atoms with E-state index in [0.717, 1.165) is 5.56 Å². The van der Waals surface area contributed by atoms with Gasteiger partial charge in [-0.3, -0.25) is 14.9 Å². The van der Waals surface area contributed by atoms with Gasteiger partial charge in [0.2, 0.25) is 5.91 Å². The maximum Gasteiger partial charge on any atom is 0.407 e. The van der Waals surface area contributed by atoms with Gasteiger partial charge in [-0.1, -0.05) is 30.3 Å². The number of alkyl carbamates (subject to hydrolysis) is 1. The highest BCUT2D eigenvalue weighted by Gasteiger charge is 2.20. The molecule has 1 aromatic heterocycles. The van der Waals surface area contributed by atoms with E-state index in [1.165, 1.54) is 25.5 Å². The van der Waals surface area contributed by atoms with Gasteiger partial charge in [0.05, 0.1) is 48.9 Å². The number of nitro benzene ring substituents is 1. The molecule has 2 N–H and O–H groups in total. The van der Waals surface area contributed by atoms with Crippen LogP contribution in [0.3, 0.4) is 0 Å². The van der Waals surface area contributed by atoms with Crippen LogP contribution >= 0.6 is 0 Å². The van der Waals surface area contributed by atoms with Gasteiger partial charge in [-0.25, -0.2) is 10.2 Å². The van der Waals surface area contributed by atoms with E-state index in [2.05, 4.69) is 15.8 Å². The molecule has 0 radical (unpaired) electrons. The summed E-state index contributed by atoms with van der Waals surface area (Å²) in [6, 6.07) is 15.9. The van der Waals surface area contributed by atoms with Crippen molar-refractivity contribution in [3.63, 3.8) is 0 Å². The summed E-state index contributed by atoms with van der Waals surface area (Å²) < 4.78 is 15.6. The van der Waals surface area contributed by atoms with Crippen LogP contribution in [0.4, 0.5) is 10.5 Å². The van der Waals surface area contributed by atoms with Crippen molar-refractivity contribution in [1.82, 2.24) is 10.7 Å². The number of rotatable bonds is 10. The molecule has 0 aliphatic heterocycles. The highest BCUT2D eigenvalue weighted by atomic mass is 16.6. The van der Waals surface area contributed by atoms with Crippen LogP contribution in [0.2, 0.25) is 0 Å². The summed E-state index contributed by atoms with van der Waals surface area (Å²) in [6.07, 6.45) is 0.558. The summed E-state index contributed by atoms with van der Waals surface area (Å²) in [5.74, 6) is 0.428. The fourth-order valence-electron chi connectivity index (χ4n) is 3.22. The number of nitrogens with zero attached hydrogens (tertiary/aromatic N) is 2. The number of hydrazone groups is 1. The lowest BCUT2D eigenvalue weighted by molar-refractivity contribution is -0.384. The highest BCUT2D eigenvalue weighted by Crippen LogP contribution is 2.33. The van der Waals surface area contributed by atoms with E-state index in [1.54, 1.807) is 49.4 Å². The van der Waals surface area contributed by atoms with Crippen LogP contribution in [0.25, 0.3) is 11.3 Å². The van der Waals surface area contributed by atoms with Crippen LogP contribution < -0.4 is 15.5 Å². The third-order valence-electron chi connectivity index (χ3n) is 4.83. The molecule has 0 aliphatic carbocycles. The lowest BCUT2D eigenvalue weighted by Crippen LogP contribution is -2.33. The van der Waals surface area contributed by atoms with Crippen molar-refractivity contribution >= 4 is 23.9 Å². The van der Waals surface area contributed by atoms with Gasteiger partial charge in [0, 0.05) is 0 Å². The van der Waals surface area contributed by atoms with Crippen LogP contribution in [0.15, 0.2) is 70.2 Å². The van der Waals surface area contributed by atoms with Gasteiger partial charge in [0.25, 0.3) is 5.69 Å². The van der Waals surface area contributed by atoms with Gasteiger partial charge in [-0.05, 0) is 36.8 Å². The second-order valence-electron chi connectivity index (χ2n) is 7.17. The molecule has 0 saturated carbocycles. The van der Waals surface area contributed by atoms with Crippen molar-refractivity contribution in [3.05, 3.63) is 82.1 Å². The summed E-state index contributed by atoms with van der Waals surface area (Å²) in [7, 11) is 1.42. The van der Waals surface area contributed by atoms with Crippen molar-refractivity contribution in [2.24, 2.45) is 5.10 Å². The molecule has 3 aromatic rings. The molecule has 2 amide bonds. The number of nitrogens with one attached hydrogen (secondary N) is 2. The van der Waals surface area contributed by atoms with E-state index >= 15 is 0 Å². The first-order valence-corrected chi connectivity index (χ1v) is 10.6. The van der Waals surface area contributed by atoms with Crippen molar-refractivity contribution < 1.29 is 28.4 Å². The molecule has 0 saturated heterocycles. The summed E-state index contributed by atoms with van der Waals surface area (Å²) in [4.78, 5) is 35.2. The molecular formula is C24H24N4O7. The first-order chi connectivity index (χ1) is 16.9. The molecule has 0 bridgehead atoms. The van der Waals surface area contributed by atoms with Crippen molar-refractivity contribution in [2.45, 2.75) is 19.4 Å². The Morgan fingerprint density at radius 3 is 2.63 bits per heavy atom. The van der Waals surface area contributed by atoms with Gasteiger partial charge < -0.3 is 19.2 Å². The fourth-order valence-corrected chi connectivity index (χ4v) is 3.22. The largest absolute Gasteiger partial charge is 0.497 e. The van der Waals surface area contributed by atoms with Gasteiger partial charge in [-0.15, -0.1) is 0 Å². The number of nitro groups is 1. The van der Waals surface area contributed by atoms with Gasteiger partial charge in [0.15, 0.2) is 0 Å². The Balaban J connectivity index is 1.66. The van der Waals surface area contributed by atoms with Crippen LogP contribution in [0.1, 0.15) is 30.7 Å². The Kier molecular flexibility index (Phi) is 8.54. The van der Waals surface area contributed by atoms with Crippen molar-refractivity contribution in [3.8, 4) is 17.1 Å². The van der Waals surface area contributed by atoms with Gasteiger partial charge in [-0.2, -0.15) is 5.10 Å². The first-order valence-electron chi connectivity index (χ1n) is 10.6. The number of methoxy groups -OCH3 is 1. The van der Waals surface area contributed by atoms with Crippen LogP contribution in [0.5, 0.6) is 5.75 Å². The van der Waals surface area contributed by atoms with Crippen molar-refractivity contribution in [1.29, 1.82) is 0 Å². The Morgan fingerprint density at radius 1 is 1.17 bits per heavy atom. The summed E-state index contributed by atoms with van der Waals surface area (Å²) >= 11 is 0. The molecule has 0 spiro atoms. The zero-order chi connectivity index (χ0) is 25.2. The number of ether oxygens (including phenoxy) is 2. The van der Waals surface area contributed by atoms with E-state index < -0.39 is 23.0 Å². The number of amides is 2. The zero-order valence-corrected chi connectivity index (χ0v) is 19.1. The maximum atomic E-state index is 12.4. The quantitative estimate of drug-likeness (QED) is 0.251. The summed E-state index contributed by atoms with van der Waals surface area (Å²) in [6.45, 7) is 1.89. The molecule has 0 fully saturated rings. The van der Waals surface area contributed by atoms with Crippen LogP contribution in [0, 0.1) is 10.1 Å². The van der Waals surface area contributed by atoms with Crippen molar-refractivity contribution in [2.75, 3.05) is 13.7 Å². The molecule has 182 valence electrons. The van der Waals surface area contributed by atoms with E-state index in [4.69, 9.17) is 13.9 Å². The number of furan rings is 1. The monoisotopic (exact) mass is 480 g/mol. The van der Waals surface area contributed by atoms with E-state index in [1.807, 2.05) is 6.07 Å². The Hall–Kier alpha value is -4.67. The minimum Gasteiger partial charge on any atom is -0.497 e. The zero-order valence-electron chi connectivity index (χ0n) is 19.1. The van der Waals surface area contributed by atoms with E-state index in [9.17, 15) is 19.7 Å². The maximum absolute atomic E-state index is 12.4.